The van der Waals surface area contributed by atoms with E-state index in [-0.39, 0.29) is 7.92 Å². The van der Waals surface area contributed by atoms with Crippen molar-refractivity contribution in [3.05, 3.63) is 65.2 Å². The monoisotopic (exact) mass is 354 g/mol. The summed E-state index contributed by atoms with van der Waals surface area (Å²) >= 11 is 0. The molecule has 2 rings (SSSR count). The van der Waals surface area contributed by atoms with Gasteiger partial charge < -0.3 is 0 Å². The minimum Gasteiger partial charge on any atom is -0.0708 e. The summed E-state index contributed by atoms with van der Waals surface area (Å²) in [5, 5.41) is 1.57. The molecule has 0 radical (unpaired) electrons. The van der Waals surface area contributed by atoms with E-state index in [0.717, 1.165) is 0 Å². The summed E-state index contributed by atoms with van der Waals surface area (Å²) in [6, 6.07) is 18.0. The van der Waals surface area contributed by atoms with E-state index < -0.39 is 0 Å². The Balaban J connectivity index is 1.94. The lowest BCUT2D eigenvalue weighted by Gasteiger charge is -2.20. The van der Waals surface area contributed by atoms with E-state index in [4.69, 9.17) is 0 Å². The normalized spacial score (nSPS) is 12.3. The Bertz CT molecular complexity index is 603. The molecule has 0 heterocycles. The largest absolute Gasteiger partial charge is 0.0708 e. The number of rotatable bonds is 11. The second kappa shape index (κ2) is 11.5. The van der Waals surface area contributed by atoms with Crippen LogP contribution in [-0.2, 0) is 6.16 Å². The lowest BCUT2D eigenvalue weighted by atomic mass is 10.1. The quantitative estimate of drug-likeness (QED) is 0.292. The first-order valence-electron chi connectivity index (χ1n) is 10.1. The molecule has 0 nitrogen and oxygen atoms in total. The zero-order chi connectivity index (χ0) is 17.9. The average Bonchev–Trinajstić information content (AvgIpc) is 2.64. The smallest absolute Gasteiger partial charge is 0.00301 e. The van der Waals surface area contributed by atoms with Gasteiger partial charge in [0.25, 0.3) is 0 Å². The maximum Gasteiger partial charge on any atom is -0.00301 e. The molecule has 1 atom stereocenters. The molecule has 0 spiro atoms. The molecule has 2 aromatic carbocycles. The van der Waals surface area contributed by atoms with E-state index in [1.54, 1.807) is 10.9 Å². The molecule has 2 aromatic rings. The predicted molar refractivity (Wildman–Crippen MR) is 115 cm³/mol. The summed E-state index contributed by atoms with van der Waals surface area (Å²) in [5.41, 5.74) is 4.47. The van der Waals surface area contributed by atoms with Crippen molar-refractivity contribution in [3.63, 3.8) is 0 Å². The molecule has 0 bridgehead atoms. The van der Waals surface area contributed by atoms with Crippen LogP contribution in [0.4, 0.5) is 0 Å². The van der Waals surface area contributed by atoms with E-state index in [0.29, 0.717) is 0 Å². The summed E-state index contributed by atoms with van der Waals surface area (Å²) in [7, 11) is -0.0882. The van der Waals surface area contributed by atoms with Gasteiger partial charge in [0, 0.05) is 0 Å². The molecule has 1 unspecified atom stereocenters. The highest BCUT2D eigenvalue weighted by Crippen LogP contribution is 2.40. The predicted octanol–water partition coefficient (Wildman–Crippen LogP) is 7.36. The van der Waals surface area contributed by atoms with E-state index in [1.807, 2.05) is 0 Å². The highest BCUT2D eigenvalue weighted by molar-refractivity contribution is 7.64. The van der Waals surface area contributed by atoms with Crippen LogP contribution < -0.4 is 5.30 Å². The van der Waals surface area contributed by atoms with Crippen molar-refractivity contribution in [2.45, 2.75) is 71.9 Å². The number of benzene rings is 2. The zero-order valence-corrected chi connectivity index (χ0v) is 17.3. The Kier molecular flexibility index (Phi) is 9.27. The van der Waals surface area contributed by atoms with Crippen molar-refractivity contribution >= 4 is 13.2 Å². The van der Waals surface area contributed by atoms with Crippen molar-refractivity contribution in [1.29, 1.82) is 0 Å². The minimum atomic E-state index is -0.0882. The fraction of sp³-hybridized carbons (Fsp3) is 0.500. The molecule has 1 heteroatoms. The second-order valence-electron chi connectivity index (χ2n) is 7.24. The SMILES string of the molecule is CCCCCCCCCP(Cc1cccc(C)c1C)c1ccccc1. The van der Waals surface area contributed by atoms with Crippen molar-refractivity contribution in [1.82, 2.24) is 0 Å². The molecule has 25 heavy (non-hydrogen) atoms. The van der Waals surface area contributed by atoms with Crippen LogP contribution in [0.1, 0.15) is 68.6 Å². The van der Waals surface area contributed by atoms with Crippen LogP contribution >= 0.6 is 7.92 Å². The fourth-order valence-electron chi connectivity index (χ4n) is 3.39. The van der Waals surface area contributed by atoms with Gasteiger partial charge in [-0.05, 0) is 54.6 Å². The highest BCUT2D eigenvalue weighted by atomic mass is 31.1. The molecule has 0 aromatic heterocycles. The number of hydrogen-bond donors (Lipinski definition) is 0. The third-order valence-electron chi connectivity index (χ3n) is 5.23. The molecular weight excluding hydrogens is 319 g/mol. The third kappa shape index (κ3) is 6.95. The summed E-state index contributed by atoms with van der Waals surface area (Å²) < 4.78 is 0. The van der Waals surface area contributed by atoms with E-state index in [1.165, 1.54) is 68.4 Å². The maximum absolute atomic E-state index is 2.35. The van der Waals surface area contributed by atoms with Crippen molar-refractivity contribution in [2.24, 2.45) is 0 Å². The van der Waals surface area contributed by atoms with Crippen molar-refractivity contribution in [3.8, 4) is 0 Å². The van der Waals surface area contributed by atoms with E-state index >= 15 is 0 Å². The summed E-state index contributed by atoms with van der Waals surface area (Å²) in [6.07, 6.45) is 12.4. The van der Waals surface area contributed by atoms with Crippen LogP contribution in [0, 0.1) is 13.8 Å². The standard InChI is InChI=1S/C24H35P/c1-4-5-6-7-8-9-13-19-25(24-17-11-10-12-18-24)20-23-16-14-15-21(2)22(23)3/h10-12,14-18H,4-9,13,19-20H2,1-3H3. The van der Waals surface area contributed by atoms with Crippen molar-refractivity contribution < 1.29 is 0 Å². The molecular formula is C24H35P. The van der Waals surface area contributed by atoms with Crippen LogP contribution in [0.25, 0.3) is 0 Å². The van der Waals surface area contributed by atoms with Crippen molar-refractivity contribution in [2.75, 3.05) is 6.16 Å². The molecule has 0 fully saturated rings. The van der Waals surface area contributed by atoms with Gasteiger partial charge in [-0.15, -0.1) is 0 Å². The molecule has 0 amide bonds. The molecule has 0 aliphatic rings. The van der Waals surface area contributed by atoms with Crippen LogP contribution in [0.2, 0.25) is 0 Å². The van der Waals surface area contributed by atoms with Gasteiger partial charge in [-0.2, -0.15) is 0 Å². The summed E-state index contributed by atoms with van der Waals surface area (Å²) in [5.74, 6) is 0. The van der Waals surface area contributed by atoms with Crippen LogP contribution in [0.15, 0.2) is 48.5 Å². The molecule has 0 aliphatic heterocycles. The molecule has 0 aliphatic carbocycles. The van der Waals surface area contributed by atoms with Gasteiger partial charge in [-0.3, -0.25) is 0 Å². The van der Waals surface area contributed by atoms with Gasteiger partial charge in [-0.1, -0.05) is 102 Å². The Hall–Kier alpha value is -1.13. The fourth-order valence-corrected chi connectivity index (χ4v) is 5.94. The number of aryl methyl sites for hydroxylation is 1. The van der Waals surface area contributed by atoms with Gasteiger partial charge in [0.1, 0.15) is 0 Å². The first-order chi connectivity index (χ1) is 12.2. The minimum absolute atomic E-state index is 0.0882. The van der Waals surface area contributed by atoms with E-state index in [9.17, 15) is 0 Å². The molecule has 136 valence electrons. The molecule has 0 saturated carbocycles. The Labute approximate surface area is 156 Å². The topological polar surface area (TPSA) is 0 Å². The Morgan fingerprint density at radius 2 is 1.40 bits per heavy atom. The molecule has 0 N–H and O–H groups in total. The van der Waals surface area contributed by atoms with Crippen LogP contribution in [0.3, 0.4) is 0 Å². The number of hydrogen-bond acceptors (Lipinski definition) is 0. The van der Waals surface area contributed by atoms with E-state index in [2.05, 4.69) is 69.3 Å². The van der Waals surface area contributed by atoms with Crippen LogP contribution in [0.5, 0.6) is 0 Å². The lowest BCUT2D eigenvalue weighted by molar-refractivity contribution is 0.603. The Morgan fingerprint density at radius 3 is 2.12 bits per heavy atom. The Morgan fingerprint density at radius 1 is 0.720 bits per heavy atom. The van der Waals surface area contributed by atoms with Gasteiger partial charge in [-0.25, -0.2) is 0 Å². The average molecular weight is 355 g/mol. The summed E-state index contributed by atoms with van der Waals surface area (Å²) in [6.45, 7) is 6.82. The lowest BCUT2D eigenvalue weighted by Crippen LogP contribution is -2.06. The third-order valence-corrected chi connectivity index (χ3v) is 7.84. The molecule has 0 saturated heterocycles. The first kappa shape index (κ1) is 20.2. The van der Waals surface area contributed by atoms with Crippen LogP contribution in [-0.4, -0.2) is 6.16 Å². The highest BCUT2D eigenvalue weighted by Gasteiger charge is 2.13. The zero-order valence-electron chi connectivity index (χ0n) is 16.4. The maximum atomic E-state index is 2.35. The van der Waals surface area contributed by atoms with Gasteiger partial charge in [0.15, 0.2) is 0 Å². The van der Waals surface area contributed by atoms with Gasteiger partial charge >= 0.3 is 0 Å². The van der Waals surface area contributed by atoms with Gasteiger partial charge in [0.2, 0.25) is 0 Å². The second-order valence-corrected chi connectivity index (χ2v) is 9.60. The summed E-state index contributed by atoms with van der Waals surface area (Å²) in [4.78, 5) is 0. The van der Waals surface area contributed by atoms with Gasteiger partial charge in [0.05, 0.1) is 0 Å². The first-order valence-corrected chi connectivity index (χ1v) is 11.8. The number of unbranched alkanes of at least 4 members (excludes halogenated alkanes) is 6.